The van der Waals surface area contributed by atoms with Crippen LogP contribution in [-0.2, 0) is 10.0 Å². The van der Waals surface area contributed by atoms with Crippen molar-refractivity contribution in [3.8, 4) is 5.75 Å². The number of carbonyl (C=O) groups excluding carboxylic acids is 1. The molecule has 1 aromatic heterocycles. The van der Waals surface area contributed by atoms with Crippen LogP contribution in [0.5, 0.6) is 5.75 Å². The molecule has 23 heavy (non-hydrogen) atoms. The standard InChI is InChI=1S/C14H17N3O4S2/c1-9-12(22-14(15-9)17(2)23(4,19)20)13(18)16-10-6-5-7-11(8-10)21-3/h5-8H,1-4H3,(H,16,18). The van der Waals surface area contributed by atoms with E-state index in [1.54, 1.807) is 38.3 Å². The number of hydrogen-bond donors (Lipinski definition) is 1. The number of nitrogens with one attached hydrogen (secondary N) is 1. The van der Waals surface area contributed by atoms with Gasteiger partial charge in [-0.15, -0.1) is 0 Å². The largest absolute Gasteiger partial charge is 0.497 e. The fourth-order valence-corrected chi connectivity index (χ4v) is 3.43. The average molecular weight is 355 g/mol. The van der Waals surface area contributed by atoms with E-state index in [1.807, 2.05) is 0 Å². The highest BCUT2D eigenvalue weighted by atomic mass is 32.2. The van der Waals surface area contributed by atoms with Gasteiger partial charge in [0.2, 0.25) is 10.0 Å². The lowest BCUT2D eigenvalue weighted by Crippen LogP contribution is -2.24. The summed E-state index contributed by atoms with van der Waals surface area (Å²) in [6, 6.07) is 6.96. The van der Waals surface area contributed by atoms with Crippen molar-refractivity contribution in [3.05, 3.63) is 34.8 Å². The molecule has 0 saturated carbocycles. The third-order valence-corrected chi connectivity index (χ3v) is 5.60. The Balaban J connectivity index is 2.24. The molecule has 0 saturated heterocycles. The van der Waals surface area contributed by atoms with Crippen LogP contribution in [0.2, 0.25) is 0 Å². The fraction of sp³-hybridized carbons (Fsp3) is 0.286. The predicted molar refractivity (Wildman–Crippen MR) is 91.0 cm³/mol. The number of nitrogens with zero attached hydrogens (tertiary/aromatic N) is 2. The molecule has 1 heterocycles. The maximum Gasteiger partial charge on any atom is 0.267 e. The minimum Gasteiger partial charge on any atom is -0.497 e. The van der Waals surface area contributed by atoms with Gasteiger partial charge in [0.15, 0.2) is 5.13 Å². The molecular formula is C14H17N3O4S2. The highest BCUT2D eigenvalue weighted by molar-refractivity contribution is 7.92. The van der Waals surface area contributed by atoms with Crippen molar-refractivity contribution in [2.45, 2.75) is 6.92 Å². The average Bonchev–Trinajstić information content (AvgIpc) is 2.87. The summed E-state index contributed by atoms with van der Waals surface area (Å²) in [5, 5.41) is 3.00. The minimum atomic E-state index is -3.42. The van der Waals surface area contributed by atoms with E-state index in [4.69, 9.17) is 4.74 Å². The summed E-state index contributed by atoms with van der Waals surface area (Å²) >= 11 is 1.02. The van der Waals surface area contributed by atoms with Gasteiger partial charge in [0.1, 0.15) is 10.6 Å². The second-order valence-electron chi connectivity index (χ2n) is 4.83. The van der Waals surface area contributed by atoms with Crippen LogP contribution in [0.1, 0.15) is 15.4 Å². The number of thiazole rings is 1. The Morgan fingerprint density at radius 3 is 2.70 bits per heavy atom. The van der Waals surface area contributed by atoms with Gasteiger partial charge in [-0.25, -0.2) is 17.7 Å². The van der Waals surface area contributed by atoms with Gasteiger partial charge >= 0.3 is 0 Å². The van der Waals surface area contributed by atoms with Crippen LogP contribution >= 0.6 is 11.3 Å². The zero-order valence-corrected chi connectivity index (χ0v) is 14.8. The molecule has 0 unspecified atom stereocenters. The molecule has 1 aromatic carbocycles. The number of benzene rings is 1. The number of anilines is 2. The van der Waals surface area contributed by atoms with Crippen molar-refractivity contribution in [1.29, 1.82) is 0 Å². The number of aromatic nitrogens is 1. The van der Waals surface area contributed by atoms with Gasteiger partial charge in [0.25, 0.3) is 5.91 Å². The molecule has 2 aromatic rings. The summed E-state index contributed by atoms with van der Waals surface area (Å²) in [5.41, 5.74) is 1.06. The number of rotatable bonds is 5. The van der Waals surface area contributed by atoms with E-state index in [-0.39, 0.29) is 11.0 Å². The monoisotopic (exact) mass is 355 g/mol. The summed E-state index contributed by atoms with van der Waals surface area (Å²) in [4.78, 5) is 16.9. The normalized spacial score (nSPS) is 11.1. The van der Waals surface area contributed by atoms with Crippen molar-refractivity contribution >= 4 is 38.1 Å². The molecule has 1 amide bonds. The van der Waals surface area contributed by atoms with E-state index in [0.717, 1.165) is 21.9 Å². The number of hydrogen-bond acceptors (Lipinski definition) is 6. The lowest BCUT2D eigenvalue weighted by molar-refractivity contribution is 0.103. The van der Waals surface area contributed by atoms with Gasteiger partial charge in [0, 0.05) is 18.8 Å². The maximum atomic E-state index is 12.4. The number of amides is 1. The molecular weight excluding hydrogens is 338 g/mol. The van der Waals surface area contributed by atoms with Gasteiger partial charge in [-0.2, -0.15) is 0 Å². The predicted octanol–water partition coefficient (Wildman–Crippen LogP) is 2.11. The minimum absolute atomic E-state index is 0.251. The topological polar surface area (TPSA) is 88.6 Å². The Labute approximate surface area is 139 Å². The van der Waals surface area contributed by atoms with Crippen LogP contribution in [0.3, 0.4) is 0 Å². The summed E-state index contributed by atoms with van der Waals surface area (Å²) < 4.78 is 29.3. The van der Waals surface area contributed by atoms with Gasteiger partial charge in [-0.3, -0.25) is 4.79 Å². The van der Waals surface area contributed by atoms with E-state index in [0.29, 0.717) is 22.0 Å². The first-order valence-corrected chi connectivity index (χ1v) is 9.25. The molecule has 2 rings (SSSR count). The summed E-state index contributed by atoms with van der Waals surface area (Å²) in [6.07, 6.45) is 1.08. The number of aryl methyl sites for hydroxylation is 1. The van der Waals surface area contributed by atoms with Crippen LogP contribution < -0.4 is 14.4 Å². The molecule has 9 heteroatoms. The third kappa shape index (κ3) is 3.99. The molecule has 124 valence electrons. The van der Waals surface area contributed by atoms with Gasteiger partial charge < -0.3 is 10.1 Å². The van der Waals surface area contributed by atoms with Crippen LogP contribution in [0.15, 0.2) is 24.3 Å². The van der Waals surface area contributed by atoms with E-state index >= 15 is 0 Å². The van der Waals surface area contributed by atoms with Crippen LogP contribution in [0.4, 0.5) is 10.8 Å². The van der Waals surface area contributed by atoms with Crippen molar-refractivity contribution < 1.29 is 17.9 Å². The zero-order chi connectivity index (χ0) is 17.2. The zero-order valence-electron chi connectivity index (χ0n) is 13.2. The van der Waals surface area contributed by atoms with E-state index in [1.165, 1.54) is 7.05 Å². The molecule has 7 nitrogen and oxygen atoms in total. The molecule has 0 aliphatic heterocycles. The molecule has 0 fully saturated rings. The lowest BCUT2D eigenvalue weighted by atomic mass is 10.3. The first kappa shape index (κ1) is 17.2. The quantitative estimate of drug-likeness (QED) is 0.887. The fourth-order valence-electron chi connectivity index (χ4n) is 1.76. The Morgan fingerprint density at radius 2 is 2.09 bits per heavy atom. The molecule has 0 atom stereocenters. The summed E-state index contributed by atoms with van der Waals surface area (Å²) in [5.74, 6) is 0.280. The van der Waals surface area contributed by atoms with Gasteiger partial charge in [-0.05, 0) is 19.1 Å². The lowest BCUT2D eigenvalue weighted by Gasteiger charge is -2.11. The Hall–Kier alpha value is -2.13. The van der Waals surface area contributed by atoms with Crippen molar-refractivity contribution in [1.82, 2.24) is 4.98 Å². The molecule has 0 aliphatic rings. The summed E-state index contributed by atoms with van der Waals surface area (Å²) in [7, 11) is -0.477. The van der Waals surface area contributed by atoms with Gasteiger partial charge in [0.05, 0.1) is 19.1 Å². The molecule has 0 aliphatic carbocycles. The highest BCUT2D eigenvalue weighted by Gasteiger charge is 2.21. The second kappa shape index (κ2) is 6.55. The smallest absolute Gasteiger partial charge is 0.267 e. The van der Waals surface area contributed by atoms with Crippen molar-refractivity contribution in [2.75, 3.05) is 30.0 Å². The molecule has 1 N–H and O–H groups in total. The molecule has 0 bridgehead atoms. The van der Waals surface area contributed by atoms with E-state index in [9.17, 15) is 13.2 Å². The maximum absolute atomic E-state index is 12.4. The van der Waals surface area contributed by atoms with E-state index < -0.39 is 10.0 Å². The van der Waals surface area contributed by atoms with Crippen molar-refractivity contribution in [2.24, 2.45) is 0 Å². The number of carbonyl (C=O) groups is 1. The van der Waals surface area contributed by atoms with Crippen LogP contribution in [0.25, 0.3) is 0 Å². The number of methoxy groups -OCH3 is 1. The first-order chi connectivity index (χ1) is 10.7. The second-order valence-corrected chi connectivity index (χ2v) is 7.82. The third-order valence-electron chi connectivity index (χ3n) is 3.09. The van der Waals surface area contributed by atoms with Crippen LogP contribution in [-0.4, -0.2) is 39.7 Å². The highest BCUT2D eigenvalue weighted by Crippen LogP contribution is 2.27. The molecule has 0 radical (unpaired) electrons. The van der Waals surface area contributed by atoms with E-state index in [2.05, 4.69) is 10.3 Å². The number of sulfonamides is 1. The van der Waals surface area contributed by atoms with Crippen molar-refractivity contribution in [3.63, 3.8) is 0 Å². The molecule has 0 spiro atoms. The number of ether oxygens (including phenoxy) is 1. The Morgan fingerprint density at radius 1 is 1.39 bits per heavy atom. The van der Waals surface area contributed by atoms with Crippen LogP contribution in [0, 0.1) is 6.92 Å². The SMILES string of the molecule is COc1cccc(NC(=O)c2sc(N(C)S(C)(=O)=O)nc2C)c1. The Bertz CT molecular complexity index is 830. The Kier molecular flexibility index (Phi) is 4.90. The van der Waals surface area contributed by atoms with Gasteiger partial charge in [-0.1, -0.05) is 17.4 Å². The summed E-state index contributed by atoms with van der Waals surface area (Å²) in [6.45, 7) is 1.66. The first-order valence-electron chi connectivity index (χ1n) is 6.59.